The molecule has 0 spiro atoms. The summed E-state index contributed by atoms with van der Waals surface area (Å²) in [5.74, 6) is 0.902. The Labute approximate surface area is 122 Å². The van der Waals surface area contributed by atoms with E-state index in [1.807, 2.05) is 6.07 Å². The molecule has 1 heterocycles. The molecular formula is C17H27NO2. The van der Waals surface area contributed by atoms with Crippen molar-refractivity contribution in [3.05, 3.63) is 29.8 Å². The van der Waals surface area contributed by atoms with Gasteiger partial charge in [-0.25, -0.2) is 0 Å². The molecule has 3 nitrogen and oxygen atoms in total. The van der Waals surface area contributed by atoms with Gasteiger partial charge in [0.25, 0.3) is 0 Å². The molecule has 0 aromatic heterocycles. The third kappa shape index (κ3) is 3.15. The van der Waals surface area contributed by atoms with E-state index >= 15 is 0 Å². The molecule has 2 rings (SSSR count). The van der Waals surface area contributed by atoms with Gasteiger partial charge in [-0.1, -0.05) is 32.4 Å². The summed E-state index contributed by atoms with van der Waals surface area (Å²) in [4.78, 5) is 2.40. The van der Waals surface area contributed by atoms with Crippen molar-refractivity contribution in [3.63, 3.8) is 0 Å². The van der Waals surface area contributed by atoms with Gasteiger partial charge in [0, 0.05) is 13.1 Å². The van der Waals surface area contributed by atoms with Gasteiger partial charge in [0.15, 0.2) is 0 Å². The van der Waals surface area contributed by atoms with E-state index in [1.165, 1.54) is 5.56 Å². The van der Waals surface area contributed by atoms with E-state index < -0.39 is 0 Å². The number of hydrogen-bond acceptors (Lipinski definition) is 3. The van der Waals surface area contributed by atoms with Crippen molar-refractivity contribution >= 4 is 0 Å². The Morgan fingerprint density at radius 3 is 2.85 bits per heavy atom. The minimum atomic E-state index is -0.207. The van der Waals surface area contributed by atoms with Crippen LogP contribution in [0.15, 0.2) is 24.3 Å². The van der Waals surface area contributed by atoms with Gasteiger partial charge >= 0.3 is 0 Å². The quantitative estimate of drug-likeness (QED) is 0.823. The molecule has 3 heteroatoms. The van der Waals surface area contributed by atoms with Crippen LogP contribution in [-0.4, -0.2) is 38.3 Å². The molecule has 0 unspecified atom stereocenters. The van der Waals surface area contributed by atoms with Crippen LogP contribution < -0.4 is 4.74 Å². The SMILES string of the molecule is CCC[C@H]1CN(C)C[C@@](CC)(c2cccc(OC)c2)O1. The molecule has 0 radical (unpaired) electrons. The molecule has 1 aliphatic rings. The zero-order chi connectivity index (χ0) is 14.6. The molecule has 1 saturated heterocycles. The van der Waals surface area contributed by atoms with Crippen LogP contribution in [0.25, 0.3) is 0 Å². The number of nitrogens with zero attached hydrogens (tertiary/aromatic N) is 1. The molecule has 1 aromatic rings. The lowest BCUT2D eigenvalue weighted by atomic mass is 9.88. The predicted octanol–water partition coefficient (Wildman–Crippen LogP) is 3.43. The smallest absolute Gasteiger partial charge is 0.119 e. The summed E-state index contributed by atoms with van der Waals surface area (Å²) in [7, 11) is 3.90. The van der Waals surface area contributed by atoms with E-state index in [4.69, 9.17) is 9.47 Å². The highest BCUT2D eigenvalue weighted by Crippen LogP contribution is 2.37. The Hall–Kier alpha value is -1.06. The Morgan fingerprint density at radius 1 is 1.40 bits per heavy atom. The lowest BCUT2D eigenvalue weighted by molar-refractivity contribution is -0.160. The lowest BCUT2D eigenvalue weighted by Gasteiger charge is -2.45. The normalized spacial score (nSPS) is 27.5. The standard InChI is InChI=1S/C17H27NO2/c1-5-8-16-12-18(3)13-17(6-2,20-16)14-9-7-10-15(11-14)19-4/h7,9-11,16H,5-6,8,12-13H2,1-4H3/t16-,17-/m0/s1. The minimum absolute atomic E-state index is 0.207. The van der Waals surface area contributed by atoms with Crippen molar-refractivity contribution in [3.8, 4) is 5.75 Å². The monoisotopic (exact) mass is 277 g/mol. The summed E-state index contributed by atoms with van der Waals surface area (Å²) in [6, 6.07) is 8.32. The third-order valence-electron chi connectivity index (χ3n) is 4.21. The van der Waals surface area contributed by atoms with Gasteiger partial charge in [0.05, 0.1) is 13.2 Å². The molecule has 0 aliphatic carbocycles. The molecule has 0 N–H and O–H groups in total. The lowest BCUT2D eigenvalue weighted by Crippen LogP contribution is -2.52. The number of hydrogen-bond donors (Lipinski definition) is 0. The van der Waals surface area contributed by atoms with Gasteiger partial charge in [0.2, 0.25) is 0 Å². The Bertz CT molecular complexity index is 435. The summed E-state index contributed by atoms with van der Waals surface area (Å²) < 4.78 is 11.9. The minimum Gasteiger partial charge on any atom is -0.497 e. The van der Waals surface area contributed by atoms with Crippen LogP contribution in [0.1, 0.15) is 38.7 Å². The van der Waals surface area contributed by atoms with Gasteiger partial charge in [-0.2, -0.15) is 0 Å². The van der Waals surface area contributed by atoms with E-state index in [0.29, 0.717) is 6.10 Å². The molecule has 0 amide bonds. The number of rotatable bonds is 5. The highest BCUT2D eigenvalue weighted by molar-refractivity contribution is 5.33. The Kier molecular flexibility index (Phi) is 5.06. The molecule has 1 fully saturated rings. The molecule has 20 heavy (non-hydrogen) atoms. The first-order chi connectivity index (χ1) is 9.63. The molecular weight excluding hydrogens is 250 g/mol. The average molecular weight is 277 g/mol. The van der Waals surface area contributed by atoms with Crippen LogP contribution in [0.2, 0.25) is 0 Å². The Morgan fingerprint density at radius 2 is 2.20 bits per heavy atom. The first-order valence-corrected chi connectivity index (χ1v) is 7.64. The number of likely N-dealkylation sites (N-methyl/N-ethyl adjacent to an activating group) is 1. The zero-order valence-electron chi connectivity index (χ0n) is 13.2. The fourth-order valence-corrected chi connectivity index (χ4v) is 3.18. The first-order valence-electron chi connectivity index (χ1n) is 7.64. The van der Waals surface area contributed by atoms with Crippen molar-refractivity contribution in [2.24, 2.45) is 0 Å². The topological polar surface area (TPSA) is 21.7 Å². The van der Waals surface area contributed by atoms with Gasteiger partial charge < -0.3 is 14.4 Å². The Balaban J connectivity index is 2.30. The zero-order valence-corrected chi connectivity index (χ0v) is 13.2. The van der Waals surface area contributed by atoms with E-state index in [9.17, 15) is 0 Å². The van der Waals surface area contributed by atoms with Crippen LogP contribution in [0.5, 0.6) is 5.75 Å². The van der Waals surface area contributed by atoms with Crippen molar-refractivity contribution < 1.29 is 9.47 Å². The molecule has 1 aliphatic heterocycles. The van der Waals surface area contributed by atoms with Crippen molar-refractivity contribution in [1.82, 2.24) is 4.90 Å². The molecule has 1 aromatic carbocycles. The molecule has 0 bridgehead atoms. The molecule has 2 atom stereocenters. The summed E-state index contributed by atoms with van der Waals surface area (Å²) in [6.45, 7) is 6.40. The molecule has 0 saturated carbocycles. The largest absolute Gasteiger partial charge is 0.497 e. The maximum Gasteiger partial charge on any atom is 0.119 e. The maximum absolute atomic E-state index is 6.52. The van der Waals surface area contributed by atoms with Crippen LogP contribution in [0, 0.1) is 0 Å². The number of methoxy groups -OCH3 is 1. The fourth-order valence-electron chi connectivity index (χ4n) is 3.18. The van der Waals surface area contributed by atoms with Crippen molar-refractivity contribution in [2.45, 2.75) is 44.8 Å². The average Bonchev–Trinajstić information content (AvgIpc) is 2.47. The third-order valence-corrected chi connectivity index (χ3v) is 4.21. The van der Waals surface area contributed by atoms with Crippen molar-refractivity contribution in [1.29, 1.82) is 0 Å². The van der Waals surface area contributed by atoms with Gasteiger partial charge in [0.1, 0.15) is 11.4 Å². The highest BCUT2D eigenvalue weighted by atomic mass is 16.5. The van der Waals surface area contributed by atoms with Crippen LogP contribution in [-0.2, 0) is 10.3 Å². The summed E-state index contributed by atoms with van der Waals surface area (Å²) in [5.41, 5.74) is 1.02. The van der Waals surface area contributed by atoms with E-state index in [-0.39, 0.29) is 5.60 Å². The summed E-state index contributed by atoms with van der Waals surface area (Å²) in [5, 5.41) is 0. The van der Waals surface area contributed by atoms with Gasteiger partial charge in [-0.15, -0.1) is 0 Å². The van der Waals surface area contributed by atoms with Gasteiger partial charge in [-0.05, 0) is 37.6 Å². The second-order valence-electron chi connectivity index (χ2n) is 5.81. The van der Waals surface area contributed by atoms with Crippen molar-refractivity contribution in [2.75, 3.05) is 27.2 Å². The molecule has 112 valence electrons. The van der Waals surface area contributed by atoms with Crippen LogP contribution in [0.4, 0.5) is 0 Å². The van der Waals surface area contributed by atoms with E-state index in [2.05, 4.69) is 44.0 Å². The number of benzene rings is 1. The summed E-state index contributed by atoms with van der Waals surface area (Å²) in [6.07, 6.45) is 3.59. The highest BCUT2D eigenvalue weighted by Gasteiger charge is 2.39. The van der Waals surface area contributed by atoms with Crippen LogP contribution in [0.3, 0.4) is 0 Å². The number of ether oxygens (including phenoxy) is 2. The summed E-state index contributed by atoms with van der Waals surface area (Å²) >= 11 is 0. The maximum atomic E-state index is 6.52. The second kappa shape index (κ2) is 6.59. The predicted molar refractivity (Wildman–Crippen MR) is 82.2 cm³/mol. The van der Waals surface area contributed by atoms with E-state index in [0.717, 1.165) is 38.1 Å². The van der Waals surface area contributed by atoms with E-state index in [1.54, 1.807) is 7.11 Å². The first kappa shape index (κ1) is 15.3. The van der Waals surface area contributed by atoms with Crippen LogP contribution >= 0.6 is 0 Å². The second-order valence-corrected chi connectivity index (χ2v) is 5.81. The number of morpholine rings is 1. The fraction of sp³-hybridized carbons (Fsp3) is 0.647. The van der Waals surface area contributed by atoms with Gasteiger partial charge in [-0.3, -0.25) is 0 Å².